The molecule has 1 amide bonds. The van der Waals surface area contributed by atoms with Gasteiger partial charge in [-0.05, 0) is 59.9 Å². The van der Waals surface area contributed by atoms with Crippen molar-refractivity contribution >= 4 is 6.09 Å². The highest BCUT2D eigenvalue weighted by molar-refractivity contribution is 5.69. The van der Waals surface area contributed by atoms with Crippen molar-refractivity contribution in [3.05, 3.63) is 0 Å². The second kappa shape index (κ2) is 7.87. The van der Waals surface area contributed by atoms with Crippen molar-refractivity contribution < 1.29 is 9.53 Å². The van der Waals surface area contributed by atoms with Crippen LogP contribution >= 0.6 is 0 Å². The van der Waals surface area contributed by atoms with Gasteiger partial charge in [-0.25, -0.2) is 4.79 Å². The van der Waals surface area contributed by atoms with Gasteiger partial charge >= 0.3 is 6.09 Å². The van der Waals surface area contributed by atoms with Crippen LogP contribution in [0, 0.1) is 0 Å². The molecule has 1 atom stereocenters. The first-order valence-electron chi connectivity index (χ1n) is 8.06. The first-order chi connectivity index (χ1) is 9.33. The van der Waals surface area contributed by atoms with Gasteiger partial charge in [0.05, 0.1) is 0 Å². The molecule has 1 rings (SSSR count). The number of ether oxygens (including phenoxy) is 1. The van der Waals surface area contributed by atoms with E-state index in [-0.39, 0.29) is 6.09 Å². The highest BCUT2D eigenvalue weighted by Gasteiger charge is 2.34. The minimum Gasteiger partial charge on any atom is -0.444 e. The summed E-state index contributed by atoms with van der Waals surface area (Å²) >= 11 is 0. The Morgan fingerprint density at radius 1 is 1.40 bits per heavy atom. The lowest BCUT2D eigenvalue weighted by Gasteiger charge is -2.27. The van der Waals surface area contributed by atoms with E-state index in [9.17, 15) is 4.79 Å². The quantitative estimate of drug-likeness (QED) is 0.693. The second-order valence-electron chi connectivity index (χ2n) is 6.90. The van der Waals surface area contributed by atoms with E-state index in [1.54, 1.807) is 0 Å². The van der Waals surface area contributed by atoms with Gasteiger partial charge in [0, 0.05) is 18.6 Å². The van der Waals surface area contributed by atoms with Crippen LogP contribution in [0.4, 0.5) is 4.79 Å². The fourth-order valence-electron chi connectivity index (χ4n) is 2.26. The molecule has 1 fully saturated rings. The van der Waals surface area contributed by atoms with Crippen molar-refractivity contribution in [2.45, 2.75) is 84.4 Å². The highest BCUT2D eigenvalue weighted by atomic mass is 16.6. The van der Waals surface area contributed by atoms with Crippen LogP contribution in [0.25, 0.3) is 0 Å². The first kappa shape index (κ1) is 17.3. The summed E-state index contributed by atoms with van der Waals surface area (Å²) in [4.78, 5) is 14.1. The van der Waals surface area contributed by atoms with Crippen LogP contribution in [0.5, 0.6) is 0 Å². The molecule has 0 radical (unpaired) electrons. The molecule has 0 aromatic heterocycles. The van der Waals surface area contributed by atoms with Crippen molar-refractivity contribution in [2.75, 3.05) is 13.1 Å². The predicted octanol–water partition coefficient (Wildman–Crippen LogP) is 3.55. The van der Waals surface area contributed by atoms with E-state index >= 15 is 0 Å². The smallest absolute Gasteiger partial charge is 0.410 e. The summed E-state index contributed by atoms with van der Waals surface area (Å²) in [5, 5.41) is 3.51. The lowest BCUT2D eigenvalue weighted by atomic mass is 10.2. The Balaban J connectivity index is 2.28. The lowest BCUT2D eigenvalue weighted by Crippen LogP contribution is -2.40. The first-order valence-corrected chi connectivity index (χ1v) is 8.06. The summed E-state index contributed by atoms with van der Waals surface area (Å²) in [5.74, 6) is 0. The molecular formula is C16H32N2O2. The maximum Gasteiger partial charge on any atom is 0.410 e. The van der Waals surface area contributed by atoms with Crippen molar-refractivity contribution in [2.24, 2.45) is 0 Å². The molecule has 0 saturated heterocycles. The topological polar surface area (TPSA) is 41.6 Å². The van der Waals surface area contributed by atoms with E-state index in [1.807, 2.05) is 25.7 Å². The summed E-state index contributed by atoms with van der Waals surface area (Å²) in [5.41, 5.74) is -0.405. The van der Waals surface area contributed by atoms with Gasteiger partial charge in [-0.2, -0.15) is 0 Å². The number of nitrogens with zero attached hydrogens (tertiary/aromatic N) is 1. The molecule has 1 aliphatic rings. The lowest BCUT2D eigenvalue weighted by molar-refractivity contribution is 0.0232. The molecule has 0 aromatic carbocycles. The molecule has 4 nitrogen and oxygen atoms in total. The Morgan fingerprint density at radius 2 is 2.05 bits per heavy atom. The number of carbonyl (C=O) groups excluding carboxylic acids is 1. The van der Waals surface area contributed by atoms with E-state index < -0.39 is 5.60 Å². The number of nitrogens with one attached hydrogen (secondary N) is 1. The van der Waals surface area contributed by atoms with Crippen LogP contribution in [0.3, 0.4) is 0 Å². The van der Waals surface area contributed by atoms with Gasteiger partial charge in [0.1, 0.15) is 5.60 Å². The van der Waals surface area contributed by atoms with E-state index in [0.29, 0.717) is 12.1 Å². The zero-order valence-corrected chi connectivity index (χ0v) is 13.9. The Labute approximate surface area is 124 Å². The number of rotatable bonds is 8. The number of carbonyl (C=O) groups is 1. The molecule has 1 saturated carbocycles. The summed E-state index contributed by atoms with van der Waals surface area (Å²) in [7, 11) is 0. The third-order valence-electron chi connectivity index (χ3n) is 3.41. The van der Waals surface area contributed by atoms with Crippen molar-refractivity contribution in [3.8, 4) is 0 Å². The molecule has 0 heterocycles. The summed E-state index contributed by atoms with van der Waals surface area (Å²) in [6, 6.07) is 0.980. The summed E-state index contributed by atoms with van der Waals surface area (Å²) in [6.45, 7) is 11.9. The van der Waals surface area contributed by atoms with Gasteiger partial charge in [0.15, 0.2) is 0 Å². The average molecular weight is 284 g/mol. The SMILES string of the molecule is CCCC(C)NCCCN(C(=O)OC(C)(C)C)C1CC1. The molecule has 0 bridgehead atoms. The number of hydrogen-bond donors (Lipinski definition) is 1. The maximum absolute atomic E-state index is 12.2. The van der Waals surface area contributed by atoms with Gasteiger partial charge in [-0.15, -0.1) is 0 Å². The van der Waals surface area contributed by atoms with Gasteiger partial charge in [-0.1, -0.05) is 13.3 Å². The van der Waals surface area contributed by atoms with E-state index in [2.05, 4.69) is 19.2 Å². The summed E-state index contributed by atoms with van der Waals surface area (Å²) in [6.07, 6.45) is 5.50. The third-order valence-corrected chi connectivity index (χ3v) is 3.41. The molecule has 0 aromatic rings. The molecule has 1 unspecified atom stereocenters. The maximum atomic E-state index is 12.2. The van der Waals surface area contributed by atoms with Gasteiger partial charge < -0.3 is 15.0 Å². The number of amides is 1. The van der Waals surface area contributed by atoms with Crippen LogP contribution < -0.4 is 5.32 Å². The van der Waals surface area contributed by atoms with Crippen molar-refractivity contribution in [1.29, 1.82) is 0 Å². The Kier molecular flexibility index (Phi) is 6.80. The van der Waals surface area contributed by atoms with E-state index in [4.69, 9.17) is 4.74 Å². The van der Waals surface area contributed by atoms with Crippen molar-refractivity contribution in [1.82, 2.24) is 10.2 Å². The standard InChI is InChI=1S/C16H32N2O2/c1-6-8-13(2)17-11-7-12-18(14-9-10-14)15(19)20-16(3,4)5/h13-14,17H,6-12H2,1-5H3. The minimum absolute atomic E-state index is 0.151. The fraction of sp³-hybridized carbons (Fsp3) is 0.938. The zero-order chi connectivity index (χ0) is 15.2. The molecule has 4 heteroatoms. The van der Waals surface area contributed by atoms with Crippen LogP contribution in [-0.4, -0.2) is 41.8 Å². The predicted molar refractivity (Wildman–Crippen MR) is 83.0 cm³/mol. The van der Waals surface area contributed by atoms with Crippen molar-refractivity contribution in [3.63, 3.8) is 0 Å². The largest absolute Gasteiger partial charge is 0.444 e. The monoisotopic (exact) mass is 284 g/mol. The third kappa shape index (κ3) is 7.13. The Bertz CT molecular complexity index is 295. The highest BCUT2D eigenvalue weighted by Crippen LogP contribution is 2.28. The number of hydrogen-bond acceptors (Lipinski definition) is 3. The molecule has 20 heavy (non-hydrogen) atoms. The van der Waals surface area contributed by atoms with E-state index in [0.717, 1.165) is 32.4 Å². The average Bonchev–Trinajstić information content (AvgIpc) is 3.10. The molecule has 1 N–H and O–H groups in total. The van der Waals surface area contributed by atoms with Gasteiger partial charge in [0.25, 0.3) is 0 Å². The van der Waals surface area contributed by atoms with Crippen LogP contribution in [0.2, 0.25) is 0 Å². The molecule has 0 spiro atoms. The molecular weight excluding hydrogens is 252 g/mol. The molecule has 1 aliphatic carbocycles. The normalized spacial score (nSPS) is 16.9. The summed E-state index contributed by atoms with van der Waals surface area (Å²) < 4.78 is 5.48. The second-order valence-corrected chi connectivity index (χ2v) is 6.90. The fourth-order valence-corrected chi connectivity index (χ4v) is 2.26. The Morgan fingerprint density at radius 3 is 2.55 bits per heavy atom. The van der Waals surface area contributed by atoms with Gasteiger partial charge in [0.2, 0.25) is 0 Å². The van der Waals surface area contributed by atoms with Crippen LogP contribution in [0.1, 0.15) is 66.7 Å². The van der Waals surface area contributed by atoms with E-state index in [1.165, 1.54) is 12.8 Å². The van der Waals surface area contributed by atoms with Crippen LogP contribution in [-0.2, 0) is 4.74 Å². The Hall–Kier alpha value is -0.770. The molecule has 118 valence electrons. The zero-order valence-electron chi connectivity index (χ0n) is 13.9. The van der Waals surface area contributed by atoms with Gasteiger partial charge in [-0.3, -0.25) is 0 Å². The van der Waals surface area contributed by atoms with Crippen LogP contribution in [0.15, 0.2) is 0 Å². The molecule has 0 aliphatic heterocycles. The minimum atomic E-state index is -0.405.